The zero-order valence-corrected chi connectivity index (χ0v) is 12.5. The van der Waals surface area contributed by atoms with E-state index in [0.717, 1.165) is 6.42 Å². The Labute approximate surface area is 123 Å². The van der Waals surface area contributed by atoms with Crippen molar-refractivity contribution in [3.05, 3.63) is 29.3 Å². The van der Waals surface area contributed by atoms with Gasteiger partial charge in [0.15, 0.2) is 0 Å². The molecule has 6 heteroatoms. The lowest BCUT2D eigenvalue weighted by Crippen LogP contribution is -2.27. The van der Waals surface area contributed by atoms with E-state index in [1.54, 1.807) is 11.0 Å². The van der Waals surface area contributed by atoms with Crippen LogP contribution in [0, 0.1) is 0 Å². The Hall–Kier alpha value is -1.27. The molecule has 0 aliphatic carbocycles. The van der Waals surface area contributed by atoms with Gasteiger partial charge in [0.05, 0.1) is 12.2 Å². The van der Waals surface area contributed by atoms with Crippen molar-refractivity contribution in [3.63, 3.8) is 0 Å². The summed E-state index contributed by atoms with van der Waals surface area (Å²) in [5.74, 6) is 0. The summed E-state index contributed by atoms with van der Waals surface area (Å²) in [5.41, 5.74) is 0.123. The number of rotatable bonds is 8. The molecule has 0 aliphatic heterocycles. The molecule has 0 unspecified atom stereocenters. The zero-order valence-electron chi connectivity index (χ0n) is 12.5. The zero-order chi connectivity index (χ0) is 15.9. The number of likely N-dealkylation sites (N-methyl/N-ethyl adjacent to an activating group) is 1. The fraction of sp³-hybridized carbons (Fsp3) is 0.600. The van der Waals surface area contributed by atoms with E-state index in [2.05, 4.69) is 5.32 Å². The predicted molar refractivity (Wildman–Crippen MR) is 78.4 cm³/mol. The third-order valence-corrected chi connectivity index (χ3v) is 3.26. The third kappa shape index (κ3) is 5.21. The molecule has 0 amide bonds. The number of aliphatic hydroxyl groups is 1. The molecular formula is C15H23F3N2O. The van der Waals surface area contributed by atoms with Crippen molar-refractivity contribution < 1.29 is 18.3 Å². The molecule has 120 valence electrons. The van der Waals surface area contributed by atoms with Crippen molar-refractivity contribution in [1.29, 1.82) is 0 Å². The lowest BCUT2D eigenvalue weighted by molar-refractivity contribution is -0.138. The summed E-state index contributed by atoms with van der Waals surface area (Å²) in [6.07, 6.45) is -3.50. The quantitative estimate of drug-likeness (QED) is 0.725. The Morgan fingerprint density at radius 1 is 1.24 bits per heavy atom. The van der Waals surface area contributed by atoms with E-state index < -0.39 is 11.7 Å². The van der Waals surface area contributed by atoms with Crippen LogP contribution in [0.15, 0.2) is 18.2 Å². The summed E-state index contributed by atoms with van der Waals surface area (Å²) in [6.45, 7) is 5.48. The summed E-state index contributed by atoms with van der Waals surface area (Å²) in [6, 6.07) is 4.36. The molecule has 0 aromatic heterocycles. The maximum atomic E-state index is 13.2. The topological polar surface area (TPSA) is 35.5 Å². The van der Waals surface area contributed by atoms with E-state index in [0.29, 0.717) is 25.3 Å². The van der Waals surface area contributed by atoms with Crippen LogP contribution in [0.25, 0.3) is 0 Å². The van der Waals surface area contributed by atoms with Gasteiger partial charge < -0.3 is 15.3 Å². The maximum absolute atomic E-state index is 13.2. The van der Waals surface area contributed by atoms with Crippen LogP contribution in [-0.4, -0.2) is 31.3 Å². The Bertz CT molecular complexity index is 435. The van der Waals surface area contributed by atoms with Crippen molar-refractivity contribution in [2.45, 2.75) is 33.0 Å². The molecule has 3 nitrogen and oxygen atoms in total. The van der Waals surface area contributed by atoms with E-state index >= 15 is 0 Å². The molecule has 0 fully saturated rings. The largest absolute Gasteiger partial charge is 0.416 e. The minimum atomic E-state index is -4.38. The summed E-state index contributed by atoms with van der Waals surface area (Å²) < 4.78 is 39.6. The van der Waals surface area contributed by atoms with Crippen LogP contribution in [0.4, 0.5) is 18.9 Å². The molecule has 1 rings (SSSR count). The summed E-state index contributed by atoms with van der Waals surface area (Å²) in [4.78, 5) is 1.72. The molecule has 0 saturated heterocycles. The lowest BCUT2D eigenvalue weighted by atomic mass is 10.1. The van der Waals surface area contributed by atoms with Gasteiger partial charge >= 0.3 is 6.18 Å². The van der Waals surface area contributed by atoms with E-state index in [1.807, 2.05) is 13.8 Å². The number of nitrogens with zero attached hydrogens (tertiary/aromatic N) is 1. The van der Waals surface area contributed by atoms with Gasteiger partial charge in [-0.25, -0.2) is 0 Å². The van der Waals surface area contributed by atoms with Crippen LogP contribution < -0.4 is 10.2 Å². The highest BCUT2D eigenvalue weighted by atomic mass is 19.4. The van der Waals surface area contributed by atoms with Crippen LogP contribution in [0.1, 0.15) is 31.4 Å². The van der Waals surface area contributed by atoms with Gasteiger partial charge in [0.2, 0.25) is 0 Å². The van der Waals surface area contributed by atoms with Crippen molar-refractivity contribution in [1.82, 2.24) is 5.32 Å². The molecule has 0 bridgehead atoms. The van der Waals surface area contributed by atoms with Gasteiger partial charge in [-0.15, -0.1) is 0 Å². The number of halogens is 3. The minimum Gasteiger partial charge on any atom is -0.395 e. The first-order valence-electron chi connectivity index (χ1n) is 7.20. The van der Waals surface area contributed by atoms with Crippen molar-refractivity contribution in [3.8, 4) is 0 Å². The molecule has 0 saturated carbocycles. The number of anilines is 1. The third-order valence-electron chi connectivity index (χ3n) is 3.26. The van der Waals surface area contributed by atoms with Crippen molar-refractivity contribution in [2.24, 2.45) is 0 Å². The highest BCUT2D eigenvalue weighted by Crippen LogP contribution is 2.34. The van der Waals surface area contributed by atoms with Crippen LogP contribution >= 0.6 is 0 Å². The van der Waals surface area contributed by atoms with E-state index in [9.17, 15) is 13.2 Å². The average Bonchev–Trinajstić information content (AvgIpc) is 2.44. The average molecular weight is 304 g/mol. The van der Waals surface area contributed by atoms with Gasteiger partial charge in [-0.1, -0.05) is 13.0 Å². The number of hydrogen-bond donors (Lipinski definition) is 2. The van der Waals surface area contributed by atoms with Gasteiger partial charge in [0.25, 0.3) is 0 Å². The molecule has 0 spiro atoms. The second kappa shape index (κ2) is 8.24. The van der Waals surface area contributed by atoms with Gasteiger partial charge in [-0.3, -0.25) is 0 Å². The molecule has 21 heavy (non-hydrogen) atoms. The Morgan fingerprint density at radius 2 is 1.95 bits per heavy atom. The normalized spacial score (nSPS) is 11.7. The van der Waals surface area contributed by atoms with Crippen LogP contribution in [0.5, 0.6) is 0 Å². The smallest absolute Gasteiger partial charge is 0.395 e. The van der Waals surface area contributed by atoms with Crippen LogP contribution in [0.2, 0.25) is 0 Å². The molecule has 1 aromatic rings. The number of aliphatic hydroxyl groups excluding tert-OH is 1. The number of hydrogen-bond acceptors (Lipinski definition) is 3. The molecule has 0 heterocycles. The molecule has 1 aromatic carbocycles. The summed E-state index contributed by atoms with van der Waals surface area (Å²) in [5, 5.41) is 12.0. The number of nitrogens with one attached hydrogen (secondary N) is 1. The molecule has 2 N–H and O–H groups in total. The van der Waals surface area contributed by atoms with Gasteiger partial charge in [-0.05, 0) is 37.6 Å². The number of benzene rings is 1. The second-order valence-corrected chi connectivity index (χ2v) is 4.82. The Balaban J connectivity index is 3.06. The SMILES string of the molecule is CCCNCc1ccc(N(CC)CCO)cc1C(F)(F)F. The van der Waals surface area contributed by atoms with Crippen LogP contribution in [-0.2, 0) is 12.7 Å². The fourth-order valence-electron chi connectivity index (χ4n) is 2.17. The first kappa shape index (κ1) is 17.8. The maximum Gasteiger partial charge on any atom is 0.416 e. The lowest BCUT2D eigenvalue weighted by Gasteiger charge is -2.24. The Morgan fingerprint density at radius 3 is 2.48 bits per heavy atom. The first-order valence-corrected chi connectivity index (χ1v) is 7.20. The van der Waals surface area contributed by atoms with Crippen molar-refractivity contribution in [2.75, 3.05) is 31.1 Å². The predicted octanol–water partition coefficient (Wildman–Crippen LogP) is 3.02. The molecule has 0 atom stereocenters. The monoisotopic (exact) mass is 304 g/mol. The molecular weight excluding hydrogens is 281 g/mol. The highest BCUT2D eigenvalue weighted by molar-refractivity contribution is 5.52. The second-order valence-electron chi connectivity index (χ2n) is 4.82. The van der Waals surface area contributed by atoms with E-state index in [1.165, 1.54) is 12.1 Å². The standard InChI is InChI=1S/C15H23F3N2O/c1-3-7-19-11-12-5-6-13(20(4-2)8-9-21)10-14(12)15(16,17)18/h5-6,10,19,21H,3-4,7-9,11H2,1-2H3. The fourth-order valence-corrected chi connectivity index (χ4v) is 2.17. The highest BCUT2D eigenvalue weighted by Gasteiger charge is 2.33. The molecule has 0 aliphatic rings. The Kier molecular flexibility index (Phi) is 6.98. The molecule has 0 radical (unpaired) electrons. The first-order chi connectivity index (χ1) is 9.93. The van der Waals surface area contributed by atoms with Gasteiger partial charge in [0.1, 0.15) is 0 Å². The van der Waals surface area contributed by atoms with Crippen molar-refractivity contribution >= 4 is 5.69 Å². The minimum absolute atomic E-state index is 0.0883. The number of alkyl halides is 3. The summed E-state index contributed by atoms with van der Waals surface area (Å²) in [7, 11) is 0. The van der Waals surface area contributed by atoms with E-state index in [4.69, 9.17) is 5.11 Å². The summed E-state index contributed by atoms with van der Waals surface area (Å²) >= 11 is 0. The van der Waals surface area contributed by atoms with Gasteiger partial charge in [-0.2, -0.15) is 13.2 Å². The van der Waals surface area contributed by atoms with Crippen LogP contribution in [0.3, 0.4) is 0 Å². The van der Waals surface area contributed by atoms with E-state index in [-0.39, 0.29) is 18.7 Å². The van der Waals surface area contributed by atoms with Gasteiger partial charge in [0, 0.05) is 25.3 Å².